The minimum Gasteiger partial charge on any atom is -0.0622 e. The number of aryl methyl sites for hydroxylation is 2. The van der Waals surface area contributed by atoms with E-state index in [1.165, 1.54) is 66.8 Å². The van der Waals surface area contributed by atoms with Gasteiger partial charge in [0.15, 0.2) is 0 Å². The Morgan fingerprint density at radius 2 is 0.525 bits per heavy atom. The van der Waals surface area contributed by atoms with E-state index in [1.807, 2.05) is 0 Å². The van der Waals surface area contributed by atoms with E-state index in [9.17, 15) is 0 Å². The number of hydrogen-bond donors (Lipinski definition) is 0. The number of rotatable bonds is 6. The summed E-state index contributed by atoms with van der Waals surface area (Å²) in [5.41, 5.74) is 14.7. The van der Waals surface area contributed by atoms with E-state index >= 15 is 0 Å². The molecular weight excluding hydrogens is 480 g/mol. The number of benzene rings is 6. The molecule has 0 nitrogen and oxygen atoms in total. The molecule has 0 heterocycles. The summed E-state index contributed by atoms with van der Waals surface area (Å²) < 4.78 is 0. The van der Waals surface area contributed by atoms with Gasteiger partial charge in [-0.15, -0.1) is 0 Å². The van der Waals surface area contributed by atoms with E-state index in [0.29, 0.717) is 0 Å². The second-order valence-electron chi connectivity index (χ2n) is 10.4. The molecule has 6 aromatic rings. The topological polar surface area (TPSA) is 0 Å². The fourth-order valence-corrected chi connectivity index (χ4v) is 5.27. The largest absolute Gasteiger partial charge is 0.0622 e. The van der Waals surface area contributed by atoms with Crippen LogP contribution >= 0.6 is 0 Å². The molecule has 0 amide bonds. The van der Waals surface area contributed by atoms with Crippen molar-refractivity contribution in [3.8, 4) is 22.3 Å². The first-order valence-electron chi connectivity index (χ1n) is 13.9. The summed E-state index contributed by atoms with van der Waals surface area (Å²) in [4.78, 5) is 0. The van der Waals surface area contributed by atoms with E-state index in [2.05, 4.69) is 172 Å². The fraction of sp³-hybridized carbons (Fsp3) is 0.0500. The molecule has 0 aliphatic heterocycles. The van der Waals surface area contributed by atoms with Gasteiger partial charge in [0, 0.05) is 0 Å². The molecule has 0 heteroatoms. The van der Waals surface area contributed by atoms with Crippen molar-refractivity contribution in [2.75, 3.05) is 0 Å². The maximum Gasteiger partial charge on any atom is -0.00268 e. The SMILES string of the molecule is Cc1ccc(/C(=C(/c2ccc(C)cc2)c2ccc(-c3ccccc3)cc2)c2ccc(-c3ccccc3)cc2)cc1. The Morgan fingerprint density at radius 1 is 0.275 bits per heavy atom. The van der Waals surface area contributed by atoms with Gasteiger partial charge < -0.3 is 0 Å². The first-order valence-corrected chi connectivity index (χ1v) is 13.9. The van der Waals surface area contributed by atoms with E-state index in [1.54, 1.807) is 0 Å². The molecule has 0 aliphatic rings. The highest BCUT2D eigenvalue weighted by atomic mass is 14.2. The van der Waals surface area contributed by atoms with Crippen molar-refractivity contribution in [1.29, 1.82) is 0 Å². The van der Waals surface area contributed by atoms with Crippen LogP contribution in [0.5, 0.6) is 0 Å². The summed E-state index contributed by atoms with van der Waals surface area (Å²) in [6, 6.07) is 57.0. The molecule has 0 fully saturated rings. The van der Waals surface area contributed by atoms with Gasteiger partial charge in [0.05, 0.1) is 0 Å². The second-order valence-corrected chi connectivity index (χ2v) is 10.4. The smallest absolute Gasteiger partial charge is 0.00268 e. The van der Waals surface area contributed by atoms with Gasteiger partial charge in [-0.25, -0.2) is 0 Å². The summed E-state index contributed by atoms with van der Waals surface area (Å²) in [6.45, 7) is 4.29. The molecule has 0 atom stereocenters. The summed E-state index contributed by atoms with van der Waals surface area (Å²) in [7, 11) is 0. The van der Waals surface area contributed by atoms with E-state index < -0.39 is 0 Å². The van der Waals surface area contributed by atoms with Gasteiger partial charge in [-0.2, -0.15) is 0 Å². The van der Waals surface area contributed by atoms with Crippen LogP contribution in [0, 0.1) is 13.8 Å². The Hall–Kier alpha value is -4.94. The minimum absolute atomic E-state index is 1.20. The molecule has 0 unspecified atom stereocenters. The first kappa shape index (κ1) is 25.3. The molecule has 0 N–H and O–H groups in total. The quantitative estimate of drug-likeness (QED) is 0.195. The molecule has 40 heavy (non-hydrogen) atoms. The van der Waals surface area contributed by atoms with Crippen LogP contribution in [0.2, 0.25) is 0 Å². The van der Waals surface area contributed by atoms with Crippen molar-refractivity contribution in [2.24, 2.45) is 0 Å². The lowest BCUT2D eigenvalue weighted by molar-refractivity contribution is 1.42. The van der Waals surface area contributed by atoms with Crippen molar-refractivity contribution >= 4 is 11.1 Å². The third kappa shape index (κ3) is 5.44. The van der Waals surface area contributed by atoms with Gasteiger partial charge in [-0.1, -0.05) is 169 Å². The van der Waals surface area contributed by atoms with Crippen molar-refractivity contribution in [2.45, 2.75) is 13.8 Å². The van der Waals surface area contributed by atoms with Gasteiger partial charge in [0.2, 0.25) is 0 Å². The van der Waals surface area contributed by atoms with Gasteiger partial charge in [0.1, 0.15) is 0 Å². The van der Waals surface area contributed by atoms with Crippen LogP contribution in [-0.2, 0) is 0 Å². The zero-order valence-corrected chi connectivity index (χ0v) is 23.0. The van der Waals surface area contributed by atoms with Crippen LogP contribution in [0.1, 0.15) is 33.4 Å². The number of hydrogen-bond acceptors (Lipinski definition) is 0. The lowest BCUT2D eigenvalue weighted by Gasteiger charge is -2.19. The van der Waals surface area contributed by atoms with E-state index in [0.717, 1.165) is 0 Å². The predicted octanol–water partition coefficient (Wildman–Crippen LogP) is 10.6. The van der Waals surface area contributed by atoms with Crippen LogP contribution in [0.3, 0.4) is 0 Å². The van der Waals surface area contributed by atoms with Crippen LogP contribution in [-0.4, -0.2) is 0 Å². The van der Waals surface area contributed by atoms with Gasteiger partial charge in [0.25, 0.3) is 0 Å². The molecule has 0 saturated heterocycles. The highest BCUT2D eigenvalue weighted by Gasteiger charge is 2.17. The fourth-order valence-electron chi connectivity index (χ4n) is 5.27. The molecule has 0 aliphatic carbocycles. The summed E-state index contributed by atoms with van der Waals surface area (Å²) >= 11 is 0. The molecule has 0 aromatic heterocycles. The average Bonchev–Trinajstić information content (AvgIpc) is 3.02. The van der Waals surface area contributed by atoms with Gasteiger partial charge in [-0.05, 0) is 69.5 Å². The van der Waals surface area contributed by atoms with Gasteiger partial charge >= 0.3 is 0 Å². The molecule has 0 bridgehead atoms. The van der Waals surface area contributed by atoms with Crippen LogP contribution in [0.4, 0.5) is 0 Å². The molecule has 6 rings (SSSR count). The summed E-state index contributed by atoms with van der Waals surface area (Å²) in [6.07, 6.45) is 0. The van der Waals surface area contributed by atoms with Crippen LogP contribution < -0.4 is 0 Å². The van der Waals surface area contributed by atoms with Crippen molar-refractivity contribution in [3.63, 3.8) is 0 Å². The zero-order valence-electron chi connectivity index (χ0n) is 23.0. The third-order valence-electron chi connectivity index (χ3n) is 7.49. The molecule has 0 radical (unpaired) electrons. The lowest BCUT2D eigenvalue weighted by Crippen LogP contribution is -1.98. The molecule has 192 valence electrons. The molecular formula is C40H32. The minimum atomic E-state index is 1.20. The van der Waals surface area contributed by atoms with Crippen molar-refractivity contribution in [1.82, 2.24) is 0 Å². The Bertz CT molecular complexity index is 1590. The molecule has 0 spiro atoms. The Labute approximate surface area is 237 Å². The van der Waals surface area contributed by atoms with Crippen molar-refractivity contribution in [3.05, 3.63) is 191 Å². The first-order chi connectivity index (χ1) is 19.7. The second kappa shape index (κ2) is 11.4. The maximum atomic E-state index is 2.27. The zero-order chi connectivity index (χ0) is 27.3. The monoisotopic (exact) mass is 512 g/mol. The third-order valence-corrected chi connectivity index (χ3v) is 7.49. The van der Waals surface area contributed by atoms with E-state index in [4.69, 9.17) is 0 Å². The average molecular weight is 513 g/mol. The molecule has 0 saturated carbocycles. The Morgan fingerprint density at radius 3 is 0.825 bits per heavy atom. The predicted molar refractivity (Wildman–Crippen MR) is 171 cm³/mol. The maximum absolute atomic E-state index is 2.27. The summed E-state index contributed by atoms with van der Waals surface area (Å²) in [5, 5.41) is 0. The lowest BCUT2D eigenvalue weighted by atomic mass is 9.84. The van der Waals surface area contributed by atoms with Gasteiger partial charge in [-0.3, -0.25) is 0 Å². The highest BCUT2D eigenvalue weighted by Crippen LogP contribution is 2.38. The molecule has 6 aromatic carbocycles. The van der Waals surface area contributed by atoms with Crippen LogP contribution in [0.25, 0.3) is 33.4 Å². The summed E-state index contributed by atoms with van der Waals surface area (Å²) in [5.74, 6) is 0. The van der Waals surface area contributed by atoms with Crippen LogP contribution in [0.15, 0.2) is 158 Å². The Kier molecular flexibility index (Phi) is 7.24. The van der Waals surface area contributed by atoms with E-state index in [-0.39, 0.29) is 0 Å². The van der Waals surface area contributed by atoms with Crippen molar-refractivity contribution < 1.29 is 0 Å². The standard InChI is InChI=1S/C40H32/c1-29-13-17-35(18-14-29)39(37-25-21-33(22-26-37)31-9-5-3-6-10-31)40(36-19-15-30(2)16-20-36)38-27-23-34(24-28-38)32-11-7-4-8-12-32/h3-28H,1-2H3/b40-39+. The Balaban J connectivity index is 1.57. The normalized spacial score (nSPS) is 11.7. The highest BCUT2D eigenvalue weighted by molar-refractivity contribution is 6.04.